The van der Waals surface area contributed by atoms with Gasteiger partial charge in [0.1, 0.15) is 5.82 Å². The molecule has 0 aliphatic heterocycles. The molecule has 1 aliphatic carbocycles. The van der Waals surface area contributed by atoms with E-state index in [1.54, 1.807) is 6.20 Å². The van der Waals surface area contributed by atoms with Gasteiger partial charge in [0.2, 0.25) is 0 Å². The Balaban J connectivity index is 1.40. The van der Waals surface area contributed by atoms with E-state index in [0.29, 0.717) is 6.54 Å². The number of amides is 2. The number of imidazole rings is 1. The zero-order valence-electron chi connectivity index (χ0n) is 15.7. The van der Waals surface area contributed by atoms with Gasteiger partial charge < -0.3 is 15.2 Å². The number of nitrogens with zero attached hydrogens (tertiary/aromatic N) is 2. The van der Waals surface area contributed by atoms with Gasteiger partial charge in [0, 0.05) is 37.1 Å². The second-order valence-electron chi connectivity index (χ2n) is 7.08. The van der Waals surface area contributed by atoms with Crippen LogP contribution in [0.15, 0.2) is 42.7 Å². The molecule has 2 N–H and O–H groups in total. The first-order chi connectivity index (χ1) is 13.2. The van der Waals surface area contributed by atoms with Crippen LogP contribution in [0.3, 0.4) is 0 Å². The Bertz CT molecular complexity index is 734. The predicted octanol–water partition coefficient (Wildman–Crippen LogP) is 2.90. The van der Waals surface area contributed by atoms with Gasteiger partial charge in [0.05, 0.1) is 0 Å². The lowest BCUT2D eigenvalue weighted by Crippen LogP contribution is -2.44. The van der Waals surface area contributed by atoms with E-state index in [4.69, 9.17) is 0 Å². The second-order valence-corrected chi connectivity index (χ2v) is 7.08. The highest BCUT2D eigenvalue weighted by atomic mass is 16.2. The van der Waals surface area contributed by atoms with Gasteiger partial charge in [0.15, 0.2) is 0 Å². The molecule has 0 bridgehead atoms. The minimum atomic E-state index is -0.534. The second kappa shape index (κ2) is 9.90. The third-order valence-corrected chi connectivity index (χ3v) is 5.01. The molecule has 1 heterocycles. The Labute approximate surface area is 160 Å². The summed E-state index contributed by atoms with van der Waals surface area (Å²) in [5.74, 6) is -0.129. The summed E-state index contributed by atoms with van der Waals surface area (Å²) < 4.78 is 2.06. The lowest BCUT2D eigenvalue weighted by Gasteiger charge is -2.15. The molecule has 0 atom stereocenters. The van der Waals surface area contributed by atoms with Crippen molar-refractivity contribution in [1.82, 2.24) is 20.2 Å². The average Bonchev–Trinajstić information content (AvgIpc) is 3.01. The van der Waals surface area contributed by atoms with Crippen LogP contribution in [0.2, 0.25) is 0 Å². The van der Waals surface area contributed by atoms with Crippen LogP contribution in [-0.2, 0) is 16.1 Å². The third-order valence-electron chi connectivity index (χ3n) is 5.01. The van der Waals surface area contributed by atoms with Crippen molar-refractivity contribution in [2.75, 3.05) is 6.54 Å². The van der Waals surface area contributed by atoms with Gasteiger partial charge in [-0.3, -0.25) is 9.59 Å². The van der Waals surface area contributed by atoms with Gasteiger partial charge in [-0.25, -0.2) is 4.98 Å². The molecule has 1 aromatic heterocycles. The fourth-order valence-electron chi connectivity index (χ4n) is 3.54. The van der Waals surface area contributed by atoms with Crippen molar-refractivity contribution in [3.63, 3.8) is 0 Å². The highest BCUT2D eigenvalue weighted by Gasteiger charge is 2.19. The molecule has 6 heteroatoms. The van der Waals surface area contributed by atoms with Gasteiger partial charge >= 0.3 is 11.8 Å². The summed E-state index contributed by atoms with van der Waals surface area (Å²) in [7, 11) is 0. The van der Waals surface area contributed by atoms with E-state index in [0.717, 1.165) is 50.0 Å². The maximum absolute atomic E-state index is 12.0. The SMILES string of the molecule is O=C(NCCCn1ccnc1-c1ccccc1)C(=O)NC1CCCCCC1. The van der Waals surface area contributed by atoms with E-state index in [1.165, 1.54) is 12.8 Å². The standard InChI is InChI=1S/C21H28N4O2/c26-20(21(27)24-18-11-6-1-2-7-12-18)23-13-8-15-25-16-14-22-19(25)17-9-4-3-5-10-17/h3-5,9-10,14,16,18H,1-2,6-8,11-13,15H2,(H,23,26)(H,24,27). The molecule has 1 aliphatic rings. The molecule has 0 saturated heterocycles. The number of benzene rings is 1. The van der Waals surface area contributed by atoms with Gasteiger partial charge in [-0.1, -0.05) is 56.0 Å². The summed E-state index contributed by atoms with van der Waals surface area (Å²) in [6.07, 6.45) is 11.1. The summed E-state index contributed by atoms with van der Waals surface area (Å²) >= 11 is 0. The molecular formula is C21H28N4O2. The summed E-state index contributed by atoms with van der Waals surface area (Å²) in [5.41, 5.74) is 1.06. The Morgan fingerprint density at radius 2 is 1.78 bits per heavy atom. The number of rotatable bonds is 6. The largest absolute Gasteiger partial charge is 0.348 e. The highest BCUT2D eigenvalue weighted by molar-refractivity contribution is 6.35. The summed E-state index contributed by atoms with van der Waals surface area (Å²) in [5, 5.41) is 5.60. The maximum atomic E-state index is 12.0. The normalized spacial score (nSPS) is 15.1. The van der Waals surface area contributed by atoms with Crippen molar-refractivity contribution in [3.8, 4) is 11.4 Å². The smallest absolute Gasteiger partial charge is 0.309 e. The topological polar surface area (TPSA) is 76.0 Å². The summed E-state index contributed by atoms with van der Waals surface area (Å²) in [6.45, 7) is 1.19. The van der Waals surface area contributed by atoms with Crippen molar-refractivity contribution in [2.45, 2.75) is 57.5 Å². The van der Waals surface area contributed by atoms with Gasteiger partial charge in [-0.05, 0) is 19.3 Å². The number of carbonyl (C=O) groups is 2. The van der Waals surface area contributed by atoms with Crippen LogP contribution in [0.5, 0.6) is 0 Å². The van der Waals surface area contributed by atoms with Crippen molar-refractivity contribution in [1.29, 1.82) is 0 Å². The summed E-state index contributed by atoms with van der Waals surface area (Å²) in [4.78, 5) is 28.5. The van der Waals surface area contributed by atoms with E-state index in [-0.39, 0.29) is 6.04 Å². The fraction of sp³-hybridized carbons (Fsp3) is 0.476. The Kier molecular flexibility index (Phi) is 7.02. The van der Waals surface area contributed by atoms with Crippen LogP contribution >= 0.6 is 0 Å². The van der Waals surface area contributed by atoms with Crippen molar-refractivity contribution in [3.05, 3.63) is 42.7 Å². The number of nitrogens with one attached hydrogen (secondary N) is 2. The Morgan fingerprint density at radius 3 is 2.52 bits per heavy atom. The zero-order valence-corrected chi connectivity index (χ0v) is 15.7. The Hall–Kier alpha value is -2.63. The number of carbonyl (C=O) groups excluding carboxylic acids is 2. The number of aryl methyl sites for hydroxylation is 1. The summed E-state index contributed by atoms with van der Waals surface area (Å²) in [6, 6.07) is 10.1. The van der Waals surface area contributed by atoms with Crippen LogP contribution in [0.4, 0.5) is 0 Å². The first-order valence-corrected chi connectivity index (χ1v) is 9.89. The molecule has 1 fully saturated rings. The number of hydrogen-bond acceptors (Lipinski definition) is 3. The van der Waals surface area contributed by atoms with E-state index in [9.17, 15) is 9.59 Å². The number of aromatic nitrogens is 2. The van der Waals surface area contributed by atoms with E-state index >= 15 is 0 Å². The molecule has 3 rings (SSSR count). The molecular weight excluding hydrogens is 340 g/mol. The molecule has 1 aromatic carbocycles. The molecule has 0 radical (unpaired) electrons. The first-order valence-electron chi connectivity index (χ1n) is 9.89. The minimum Gasteiger partial charge on any atom is -0.348 e. The highest BCUT2D eigenvalue weighted by Crippen LogP contribution is 2.17. The minimum absolute atomic E-state index is 0.144. The van der Waals surface area contributed by atoms with Crippen LogP contribution in [0, 0.1) is 0 Å². The fourth-order valence-corrected chi connectivity index (χ4v) is 3.54. The van der Waals surface area contributed by atoms with E-state index < -0.39 is 11.8 Å². The van der Waals surface area contributed by atoms with Crippen LogP contribution in [0.1, 0.15) is 44.9 Å². The molecule has 6 nitrogen and oxygen atoms in total. The van der Waals surface area contributed by atoms with Gasteiger partial charge in [-0.2, -0.15) is 0 Å². The van der Waals surface area contributed by atoms with E-state index in [1.807, 2.05) is 36.5 Å². The molecule has 2 aromatic rings. The zero-order chi connectivity index (χ0) is 18.9. The molecule has 0 unspecified atom stereocenters. The molecule has 1 saturated carbocycles. The monoisotopic (exact) mass is 368 g/mol. The third kappa shape index (κ3) is 5.67. The lowest BCUT2D eigenvalue weighted by atomic mass is 10.1. The van der Waals surface area contributed by atoms with Gasteiger partial charge in [-0.15, -0.1) is 0 Å². The van der Waals surface area contributed by atoms with Crippen molar-refractivity contribution < 1.29 is 9.59 Å². The average molecular weight is 368 g/mol. The van der Waals surface area contributed by atoms with Gasteiger partial charge in [0.25, 0.3) is 0 Å². The quantitative estimate of drug-likeness (QED) is 0.468. The maximum Gasteiger partial charge on any atom is 0.309 e. The van der Waals surface area contributed by atoms with Crippen molar-refractivity contribution >= 4 is 11.8 Å². The first kappa shape index (κ1) is 19.1. The number of hydrogen-bond donors (Lipinski definition) is 2. The van der Waals surface area contributed by atoms with E-state index in [2.05, 4.69) is 20.2 Å². The Morgan fingerprint density at radius 1 is 1.04 bits per heavy atom. The molecule has 144 valence electrons. The van der Waals surface area contributed by atoms with Crippen LogP contribution < -0.4 is 10.6 Å². The molecule has 2 amide bonds. The van der Waals surface area contributed by atoms with Crippen molar-refractivity contribution in [2.24, 2.45) is 0 Å². The lowest BCUT2D eigenvalue weighted by molar-refractivity contribution is -0.139. The molecule has 0 spiro atoms. The van der Waals surface area contributed by atoms with Crippen LogP contribution in [-0.4, -0.2) is 34.0 Å². The van der Waals surface area contributed by atoms with Crippen LogP contribution in [0.25, 0.3) is 11.4 Å². The predicted molar refractivity (Wildman–Crippen MR) is 105 cm³/mol. The molecule has 27 heavy (non-hydrogen) atoms.